The molecule has 2 nitrogen and oxygen atoms in total. The van der Waals surface area contributed by atoms with E-state index in [-0.39, 0.29) is 5.75 Å². The third kappa shape index (κ3) is 1.86. The molecule has 0 heterocycles. The molecule has 0 spiro atoms. The molecule has 0 radical (unpaired) electrons. The van der Waals surface area contributed by atoms with E-state index in [1.807, 2.05) is 6.07 Å². The Hall–Kier alpha value is -1.27. The lowest BCUT2D eigenvalue weighted by Crippen LogP contribution is -1.75. The normalized spacial score (nSPS) is 10.0. The SMILES string of the molecule is N#CC=Cc1c(O)cccc1Br. The standard InChI is InChI=1S/C9H6BrNO/c10-8-4-1-5-9(12)7(8)3-2-6-11/h1-5,12H. The van der Waals surface area contributed by atoms with Crippen LogP contribution in [0.5, 0.6) is 5.75 Å². The van der Waals surface area contributed by atoms with Gasteiger partial charge in [0.05, 0.1) is 6.07 Å². The molecular weight excluding hydrogens is 218 g/mol. The number of benzene rings is 1. The highest BCUT2D eigenvalue weighted by atomic mass is 79.9. The largest absolute Gasteiger partial charge is 0.507 e. The molecule has 0 bridgehead atoms. The molecule has 0 aliphatic rings. The lowest BCUT2D eigenvalue weighted by molar-refractivity contribution is 0.473. The van der Waals surface area contributed by atoms with Crippen LogP contribution in [0.2, 0.25) is 0 Å². The molecular formula is C9H6BrNO. The summed E-state index contributed by atoms with van der Waals surface area (Å²) in [6, 6.07) is 6.96. The van der Waals surface area contributed by atoms with Crippen LogP contribution in [0.4, 0.5) is 0 Å². The second kappa shape index (κ2) is 3.93. The van der Waals surface area contributed by atoms with E-state index in [9.17, 15) is 5.11 Å². The van der Waals surface area contributed by atoms with Crippen molar-refractivity contribution >= 4 is 22.0 Å². The number of allylic oxidation sites excluding steroid dienone is 1. The van der Waals surface area contributed by atoms with Crippen molar-refractivity contribution in [3.63, 3.8) is 0 Å². The van der Waals surface area contributed by atoms with E-state index in [0.29, 0.717) is 5.56 Å². The van der Waals surface area contributed by atoms with Crippen LogP contribution in [0.1, 0.15) is 5.56 Å². The fraction of sp³-hybridized carbons (Fsp3) is 0. The topological polar surface area (TPSA) is 44.0 Å². The van der Waals surface area contributed by atoms with Crippen molar-refractivity contribution < 1.29 is 5.11 Å². The van der Waals surface area contributed by atoms with Gasteiger partial charge >= 0.3 is 0 Å². The van der Waals surface area contributed by atoms with Crippen molar-refractivity contribution in [2.45, 2.75) is 0 Å². The Morgan fingerprint density at radius 3 is 2.83 bits per heavy atom. The van der Waals surface area contributed by atoms with Crippen LogP contribution < -0.4 is 0 Å². The second-order valence-electron chi connectivity index (χ2n) is 2.14. The monoisotopic (exact) mass is 223 g/mol. The Morgan fingerprint density at radius 1 is 1.50 bits per heavy atom. The smallest absolute Gasteiger partial charge is 0.123 e. The van der Waals surface area contributed by atoms with Gasteiger partial charge < -0.3 is 5.11 Å². The molecule has 1 aromatic carbocycles. The molecule has 0 fully saturated rings. The molecule has 0 unspecified atom stereocenters. The number of aromatic hydroxyl groups is 1. The third-order valence-corrected chi connectivity index (χ3v) is 2.05. The van der Waals surface area contributed by atoms with Crippen molar-refractivity contribution in [2.24, 2.45) is 0 Å². The average Bonchev–Trinajstić information content (AvgIpc) is 2.04. The molecule has 0 aliphatic carbocycles. The van der Waals surface area contributed by atoms with Crippen LogP contribution in [0.3, 0.4) is 0 Å². The minimum absolute atomic E-state index is 0.163. The Kier molecular flexibility index (Phi) is 2.89. The number of rotatable bonds is 1. The van der Waals surface area contributed by atoms with E-state index in [0.717, 1.165) is 4.47 Å². The first-order chi connectivity index (χ1) is 5.75. The Balaban J connectivity index is 3.15. The maximum absolute atomic E-state index is 9.33. The van der Waals surface area contributed by atoms with Crippen LogP contribution in [0.25, 0.3) is 6.08 Å². The fourth-order valence-electron chi connectivity index (χ4n) is 0.811. The van der Waals surface area contributed by atoms with E-state index in [1.165, 1.54) is 6.08 Å². The lowest BCUT2D eigenvalue weighted by Gasteiger charge is -1.99. The first kappa shape index (κ1) is 8.82. The molecule has 12 heavy (non-hydrogen) atoms. The van der Waals surface area contributed by atoms with Crippen LogP contribution in [0, 0.1) is 11.3 Å². The number of phenols is 1. The lowest BCUT2D eigenvalue weighted by atomic mass is 10.2. The van der Waals surface area contributed by atoms with Crippen molar-refractivity contribution in [3.8, 4) is 11.8 Å². The van der Waals surface area contributed by atoms with Gasteiger partial charge in [-0.25, -0.2) is 0 Å². The van der Waals surface area contributed by atoms with Crippen LogP contribution in [-0.2, 0) is 0 Å². The van der Waals surface area contributed by atoms with E-state index in [2.05, 4.69) is 15.9 Å². The Morgan fingerprint density at radius 2 is 2.25 bits per heavy atom. The van der Waals surface area contributed by atoms with Gasteiger partial charge in [-0.3, -0.25) is 0 Å². The number of phenolic OH excluding ortho intramolecular Hbond substituents is 1. The quantitative estimate of drug-likeness (QED) is 0.745. The molecule has 0 aliphatic heterocycles. The van der Waals surface area contributed by atoms with Gasteiger partial charge in [-0.1, -0.05) is 22.0 Å². The Labute approximate surface area is 78.9 Å². The summed E-state index contributed by atoms with van der Waals surface area (Å²) in [5.74, 6) is 0.163. The minimum atomic E-state index is 0.163. The van der Waals surface area contributed by atoms with Crippen molar-refractivity contribution in [3.05, 3.63) is 34.3 Å². The Bertz CT molecular complexity index is 332. The number of nitrogens with zero attached hydrogens (tertiary/aromatic N) is 1. The number of hydrogen-bond donors (Lipinski definition) is 1. The highest BCUT2D eigenvalue weighted by Crippen LogP contribution is 2.26. The predicted octanol–water partition coefficient (Wildman–Crippen LogP) is 2.69. The van der Waals surface area contributed by atoms with Gasteiger partial charge in [-0.2, -0.15) is 5.26 Å². The highest BCUT2D eigenvalue weighted by molar-refractivity contribution is 9.10. The molecule has 0 saturated carbocycles. The van der Waals surface area contributed by atoms with Crippen molar-refractivity contribution in [1.29, 1.82) is 5.26 Å². The summed E-state index contributed by atoms with van der Waals surface area (Å²) in [5, 5.41) is 17.6. The molecule has 0 saturated heterocycles. The minimum Gasteiger partial charge on any atom is -0.507 e. The molecule has 1 aromatic rings. The summed E-state index contributed by atoms with van der Waals surface area (Å²) < 4.78 is 0.772. The zero-order valence-electron chi connectivity index (χ0n) is 6.16. The van der Waals surface area contributed by atoms with Gasteiger partial charge in [0.15, 0.2) is 0 Å². The van der Waals surface area contributed by atoms with Gasteiger partial charge in [0.25, 0.3) is 0 Å². The van der Waals surface area contributed by atoms with E-state index in [4.69, 9.17) is 5.26 Å². The maximum atomic E-state index is 9.33. The van der Waals surface area contributed by atoms with Gasteiger partial charge in [0.1, 0.15) is 5.75 Å². The van der Waals surface area contributed by atoms with Crippen molar-refractivity contribution in [1.82, 2.24) is 0 Å². The van der Waals surface area contributed by atoms with Crippen LogP contribution in [0.15, 0.2) is 28.7 Å². The van der Waals surface area contributed by atoms with Crippen LogP contribution >= 0.6 is 15.9 Å². The van der Waals surface area contributed by atoms with Gasteiger partial charge in [0.2, 0.25) is 0 Å². The zero-order chi connectivity index (χ0) is 8.97. The van der Waals surface area contributed by atoms with E-state index >= 15 is 0 Å². The third-order valence-electron chi connectivity index (χ3n) is 1.35. The van der Waals surface area contributed by atoms with Crippen LogP contribution in [-0.4, -0.2) is 5.11 Å². The zero-order valence-corrected chi connectivity index (χ0v) is 7.75. The number of nitriles is 1. The number of hydrogen-bond acceptors (Lipinski definition) is 2. The van der Waals surface area contributed by atoms with Gasteiger partial charge in [-0.05, 0) is 18.2 Å². The predicted molar refractivity (Wildman–Crippen MR) is 50.5 cm³/mol. The highest BCUT2D eigenvalue weighted by Gasteiger charge is 1.99. The average molecular weight is 224 g/mol. The summed E-state index contributed by atoms with van der Waals surface area (Å²) in [6.45, 7) is 0. The molecule has 60 valence electrons. The summed E-state index contributed by atoms with van der Waals surface area (Å²) in [7, 11) is 0. The fourth-order valence-corrected chi connectivity index (χ4v) is 1.30. The van der Waals surface area contributed by atoms with Gasteiger partial charge in [0, 0.05) is 16.1 Å². The molecule has 3 heteroatoms. The summed E-state index contributed by atoms with van der Waals surface area (Å²) in [5.41, 5.74) is 0.624. The molecule has 1 N–H and O–H groups in total. The molecule has 0 amide bonds. The maximum Gasteiger partial charge on any atom is 0.123 e. The molecule has 1 rings (SSSR count). The molecule has 0 atom stereocenters. The van der Waals surface area contributed by atoms with Crippen molar-refractivity contribution in [2.75, 3.05) is 0 Å². The summed E-state index contributed by atoms with van der Waals surface area (Å²) >= 11 is 3.26. The molecule has 0 aromatic heterocycles. The summed E-state index contributed by atoms with van der Waals surface area (Å²) in [4.78, 5) is 0. The van der Waals surface area contributed by atoms with Gasteiger partial charge in [-0.15, -0.1) is 0 Å². The summed E-state index contributed by atoms with van der Waals surface area (Å²) in [6.07, 6.45) is 2.87. The van der Waals surface area contributed by atoms with E-state index < -0.39 is 0 Å². The first-order valence-corrected chi connectivity index (χ1v) is 4.08. The van der Waals surface area contributed by atoms with E-state index in [1.54, 1.807) is 24.3 Å². The second-order valence-corrected chi connectivity index (χ2v) is 2.99. The number of halogens is 1. The first-order valence-electron chi connectivity index (χ1n) is 3.29.